The van der Waals surface area contributed by atoms with Gasteiger partial charge < -0.3 is 10.0 Å². The van der Waals surface area contributed by atoms with E-state index in [9.17, 15) is 9.90 Å². The molecule has 3 aromatic rings. The van der Waals surface area contributed by atoms with E-state index in [-0.39, 0.29) is 11.2 Å². The van der Waals surface area contributed by atoms with Gasteiger partial charge in [-0.05, 0) is 44.7 Å². The molecule has 8 heteroatoms. The van der Waals surface area contributed by atoms with Gasteiger partial charge in [0.1, 0.15) is 0 Å². The number of fused-ring (bicyclic) bond motifs is 1. The van der Waals surface area contributed by atoms with Crippen molar-refractivity contribution in [1.82, 2.24) is 14.9 Å². The van der Waals surface area contributed by atoms with Crippen molar-refractivity contribution in [1.29, 1.82) is 0 Å². The molecule has 0 aliphatic carbocycles. The zero-order valence-electron chi connectivity index (χ0n) is 13.4. The highest BCUT2D eigenvalue weighted by molar-refractivity contribution is 9.10. The van der Waals surface area contributed by atoms with Gasteiger partial charge in [0.15, 0.2) is 0 Å². The van der Waals surface area contributed by atoms with Crippen LogP contribution < -0.4 is 0 Å². The lowest BCUT2D eigenvalue weighted by molar-refractivity contribution is 0.137. The number of benzene rings is 1. The molecule has 0 bridgehead atoms. The Kier molecular flexibility index (Phi) is 4.69. The summed E-state index contributed by atoms with van der Waals surface area (Å²) >= 11 is 11.1. The third kappa shape index (κ3) is 3.22. The van der Waals surface area contributed by atoms with Crippen LogP contribution in [-0.4, -0.2) is 32.6 Å². The zero-order chi connectivity index (χ0) is 18.3. The van der Waals surface area contributed by atoms with E-state index in [2.05, 4.69) is 25.9 Å². The average Bonchev–Trinajstić information content (AvgIpc) is 3.07. The van der Waals surface area contributed by atoms with Crippen molar-refractivity contribution in [2.24, 2.45) is 0 Å². The van der Waals surface area contributed by atoms with Crippen molar-refractivity contribution in [3.8, 4) is 10.6 Å². The van der Waals surface area contributed by atoms with Crippen LogP contribution in [0.3, 0.4) is 0 Å². The summed E-state index contributed by atoms with van der Waals surface area (Å²) < 4.78 is 0.756. The maximum atomic E-state index is 11.6. The largest absolute Gasteiger partial charge is 0.465 e. The molecule has 2 aromatic heterocycles. The average molecular weight is 451 g/mol. The number of thiophene rings is 1. The lowest BCUT2D eigenvalue weighted by Crippen LogP contribution is -2.36. The fraction of sp³-hybridized carbons (Fsp3) is 0.167. The van der Waals surface area contributed by atoms with Crippen LogP contribution >= 0.6 is 38.9 Å². The lowest BCUT2D eigenvalue weighted by atomic mass is 9.91. The topological polar surface area (TPSA) is 66.3 Å². The first-order chi connectivity index (χ1) is 12.5. The number of amides is 1. The number of hydrogen-bond acceptors (Lipinski definition) is 4. The van der Waals surface area contributed by atoms with E-state index in [0.717, 1.165) is 26.2 Å². The number of rotatable bonds is 2. The summed E-state index contributed by atoms with van der Waals surface area (Å²) in [6.45, 7) is 0.818. The van der Waals surface area contributed by atoms with Crippen LogP contribution in [0.25, 0.3) is 10.6 Å². The minimum Gasteiger partial charge on any atom is -0.465 e. The molecule has 5 nitrogen and oxygen atoms in total. The van der Waals surface area contributed by atoms with Gasteiger partial charge in [-0.1, -0.05) is 30.3 Å². The van der Waals surface area contributed by atoms with E-state index in [1.165, 1.54) is 9.78 Å². The highest BCUT2D eigenvalue weighted by Crippen LogP contribution is 2.43. The van der Waals surface area contributed by atoms with Crippen LogP contribution in [0.5, 0.6) is 0 Å². The van der Waals surface area contributed by atoms with Crippen molar-refractivity contribution < 1.29 is 9.90 Å². The molecule has 0 radical (unpaired) electrons. The molecule has 1 amide bonds. The van der Waals surface area contributed by atoms with Gasteiger partial charge in [0.25, 0.3) is 0 Å². The molecular weight excluding hydrogens is 438 g/mol. The van der Waals surface area contributed by atoms with Crippen molar-refractivity contribution in [3.05, 3.63) is 68.4 Å². The molecule has 1 unspecified atom stereocenters. The number of hydrogen-bond donors (Lipinski definition) is 1. The summed E-state index contributed by atoms with van der Waals surface area (Å²) in [4.78, 5) is 23.5. The van der Waals surface area contributed by atoms with E-state index in [1.807, 2.05) is 36.4 Å². The molecule has 132 valence electrons. The molecule has 0 spiro atoms. The van der Waals surface area contributed by atoms with E-state index in [1.54, 1.807) is 17.5 Å². The van der Waals surface area contributed by atoms with Gasteiger partial charge in [0.05, 0.1) is 21.6 Å². The maximum Gasteiger partial charge on any atom is 0.407 e. The summed E-state index contributed by atoms with van der Waals surface area (Å²) in [6, 6.07) is 12.0. The van der Waals surface area contributed by atoms with E-state index in [0.29, 0.717) is 13.1 Å². The van der Waals surface area contributed by atoms with Crippen LogP contribution in [0.15, 0.2) is 47.1 Å². The Balaban J connectivity index is 1.83. The van der Waals surface area contributed by atoms with Gasteiger partial charge in [0.2, 0.25) is 5.28 Å². The Morgan fingerprint density at radius 2 is 2.12 bits per heavy atom. The number of aromatic nitrogens is 2. The van der Waals surface area contributed by atoms with E-state index >= 15 is 0 Å². The van der Waals surface area contributed by atoms with Crippen LogP contribution in [0.1, 0.15) is 21.9 Å². The van der Waals surface area contributed by atoms with Gasteiger partial charge in [0, 0.05) is 23.5 Å². The first-order valence-electron chi connectivity index (χ1n) is 7.86. The fourth-order valence-electron chi connectivity index (χ4n) is 3.16. The van der Waals surface area contributed by atoms with Gasteiger partial charge in [-0.25, -0.2) is 14.8 Å². The van der Waals surface area contributed by atoms with Crippen LogP contribution in [0, 0.1) is 0 Å². The van der Waals surface area contributed by atoms with Gasteiger partial charge >= 0.3 is 6.09 Å². The van der Waals surface area contributed by atoms with E-state index < -0.39 is 6.09 Å². The molecular formula is C18H13BrClN3O2S. The number of carbonyl (C=O) groups is 1. The third-order valence-electron chi connectivity index (χ3n) is 4.34. The van der Waals surface area contributed by atoms with Gasteiger partial charge in [-0.3, -0.25) is 0 Å². The van der Waals surface area contributed by atoms with Gasteiger partial charge in [-0.2, -0.15) is 0 Å². The normalized spacial score (nSPS) is 16.4. The summed E-state index contributed by atoms with van der Waals surface area (Å²) in [6.07, 6.45) is 0.720. The Morgan fingerprint density at radius 1 is 1.35 bits per heavy atom. The molecule has 0 saturated carbocycles. The second-order valence-corrected chi connectivity index (χ2v) is 8.24. The van der Waals surface area contributed by atoms with Crippen molar-refractivity contribution in [2.75, 3.05) is 6.54 Å². The molecule has 1 aliphatic heterocycles. The summed E-state index contributed by atoms with van der Waals surface area (Å²) in [5.41, 5.74) is 2.83. The Labute approximate surface area is 167 Å². The molecule has 3 heterocycles. The monoisotopic (exact) mass is 449 g/mol. The van der Waals surface area contributed by atoms with Crippen molar-refractivity contribution in [2.45, 2.75) is 12.5 Å². The van der Waals surface area contributed by atoms with Crippen LogP contribution in [0.4, 0.5) is 4.79 Å². The minimum atomic E-state index is -0.907. The molecule has 1 aliphatic rings. The Bertz CT molecular complexity index is 980. The molecule has 1 N–H and O–H groups in total. The third-order valence-corrected chi connectivity index (χ3v) is 6.40. The SMILES string of the molecule is O=C(O)N1Cc2cc(-c3nc(Cl)ncc3Br)sc2C(c2ccccc2)C1. The predicted octanol–water partition coefficient (Wildman–Crippen LogP) is 5.25. The summed E-state index contributed by atoms with van der Waals surface area (Å²) in [5.74, 6) is 0.00545. The highest BCUT2D eigenvalue weighted by Gasteiger charge is 2.31. The standard InChI is InChI=1S/C18H13BrClN3O2S/c19-13-7-21-17(20)22-15(13)14-6-11-8-23(18(24)25)9-12(16(11)26-14)10-4-2-1-3-5-10/h1-7,12H,8-9H2,(H,24,25). The van der Waals surface area contributed by atoms with Crippen molar-refractivity contribution >= 4 is 45.0 Å². The molecule has 1 aromatic carbocycles. The smallest absolute Gasteiger partial charge is 0.407 e. The lowest BCUT2D eigenvalue weighted by Gasteiger charge is -2.31. The first-order valence-corrected chi connectivity index (χ1v) is 9.85. The number of nitrogens with zero attached hydrogens (tertiary/aromatic N) is 3. The van der Waals surface area contributed by atoms with Crippen molar-refractivity contribution in [3.63, 3.8) is 0 Å². The maximum absolute atomic E-state index is 11.6. The second kappa shape index (κ2) is 6.98. The predicted molar refractivity (Wildman–Crippen MR) is 105 cm³/mol. The summed E-state index contributed by atoms with van der Waals surface area (Å²) in [7, 11) is 0. The fourth-order valence-corrected chi connectivity index (χ4v) is 5.12. The summed E-state index contributed by atoms with van der Waals surface area (Å²) in [5, 5.41) is 9.70. The van der Waals surface area contributed by atoms with Crippen LogP contribution in [-0.2, 0) is 6.54 Å². The molecule has 26 heavy (non-hydrogen) atoms. The van der Waals surface area contributed by atoms with Crippen LogP contribution in [0.2, 0.25) is 5.28 Å². The molecule has 0 saturated heterocycles. The quantitative estimate of drug-likeness (QED) is 0.542. The highest BCUT2D eigenvalue weighted by atomic mass is 79.9. The Hall–Kier alpha value is -1.96. The number of carboxylic acid groups (broad SMARTS) is 1. The molecule has 4 rings (SSSR count). The minimum absolute atomic E-state index is 0.00545. The first kappa shape index (κ1) is 17.5. The molecule has 1 atom stereocenters. The zero-order valence-corrected chi connectivity index (χ0v) is 16.6. The second-order valence-electron chi connectivity index (χ2n) is 5.96. The Morgan fingerprint density at radius 3 is 2.85 bits per heavy atom. The molecule has 0 fully saturated rings. The van der Waals surface area contributed by atoms with E-state index in [4.69, 9.17) is 11.6 Å². The number of halogens is 2. The van der Waals surface area contributed by atoms with Gasteiger partial charge in [-0.15, -0.1) is 11.3 Å².